The van der Waals surface area contributed by atoms with E-state index in [4.69, 9.17) is 0 Å². The van der Waals surface area contributed by atoms with E-state index in [2.05, 4.69) is 0 Å². The molecule has 0 fully saturated rings. The van der Waals surface area contributed by atoms with Gasteiger partial charge < -0.3 is 6.42 Å². The minimum atomic E-state index is 0. The average molecular weight is 196 g/mol. The second-order valence-electron chi connectivity index (χ2n) is 0.577. The fourth-order valence-electron chi connectivity index (χ4n) is 0. The van der Waals surface area contributed by atoms with Gasteiger partial charge in [0, 0.05) is 32.7 Å². The van der Waals surface area contributed by atoms with Crippen LogP contribution in [-0.4, -0.2) is 0 Å². The minimum absolute atomic E-state index is 0. The molecular formula is C3H7CuY. The van der Waals surface area contributed by atoms with Crippen LogP contribution in [0.4, 0.5) is 0 Å². The van der Waals surface area contributed by atoms with Crippen LogP contribution in [0, 0.1) is 6.42 Å². The molecule has 0 spiro atoms. The monoisotopic (exact) mass is 195 g/mol. The topological polar surface area (TPSA) is 0 Å². The fraction of sp³-hybridized carbons (Fsp3) is 0.667. The molecule has 0 aliphatic heterocycles. The molecule has 0 heterocycles. The van der Waals surface area contributed by atoms with Crippen molar-refractivity contribution in [2.45, 2.75) is 13.8 Å². The second kappa shape index (κ2) is 17.5. The van der Waals surface area contributed by atoms with Gasteiger partial charge in [-0.05, 0) is 0 Å². The van der Waals surface area contributed by atoms with E-state index >= 15 is 0 Å². The first-order valence-corrected chi connectivity index (χ1v) is 1.15. The number of hydrogen-bond donors (Lipinski definition) is 0. The normalized spacial score (nSPS) is 3.60. The zero-order valence-corrected chi connectivity index (χ0v) is 7.24. The first-order valence-electron chi connectivity index (χ1n) is 1.15. The SMILES string of the molecule is C[CH-]C.[Cu+].[Y]. The van der Waals surface area contributed by atoms with Gasteiger partial charge in [0.2, 0.25) is 0 Å². The molecule has 0 aromatic heterocycles. The van der Waals surface area contributed by atoms with E-state index in [1.807, 2.05) is 20.3 Å². The third-order valence-corrected chi connectivity index (χ3v) is 0. The van der Waals surface area contributed by atoms with Crippen molar-refractivity contribution in [2.24, 2.45) is 0 Å². The summed E-state index contributed by atoms with van der Waals surface area (Å²) in [5.41, 5.74) is 0. The Morgan fingerprint density at radius 3 is 1.20 bits per heavy atom. The van der Waals surface area contributed by atoms with Gasteiger partial charge in [-0.2, -0.15) is 13.8 Å². The van der Waals surface area contributed by atoms with Crippen LogP contribution in [0.1, 0.15) is 13.8 Å². The first-order chi connectivity index (χ1) is 1.41. The molecule has 0 aromatic rings. The van der Waals surface area contributed by atoms with Crippen LogP contribution in [0.5, 0.6) is 0 Å². The first kappa shape index (κ1) is 16.0. The molecule has 0 bridgehead atoms. The molecule has 0 aromatic carbocycles. The summed E-state index contributed by atoms with van der Waals surface area (Å²) >= 11 is 0. The molecule has 0 amide bonds. The van der Waals surface area contributed by atoms with Crippen molar-refractivity contribution in [3.8, 4) is 0 Å². The van der Waals surface area contributed by atoms with Crippen molar-refractivity contribution in [1.82, 2.24) is 0 Å². The Balaban J connectivity index is -0.0000000200. The summed E-state index contributed by atoms with van der Waals surface area (Å²) < 4.78 is 0. The van der Waals surface area contributed by atoms with Gasteiger partial charge in [0.15, 0.2) is 0 Å². The zero-order valence-electron chi connectivity index (χ0n) is 3.46. The van der Waals surface area contributed by atoms with Gasteiger partial charge in [0.25, 0.3) is 0 Å². The third kappa shape index (κ3) is 28.0. The predicted molar refractivity (Wildman–Crippen MR) is 15.6 cm³/mol. The predicted octanol–water partition coefficient (Wildman–Crippen LogP) is 1.23. The number of hydrogen-bond acceptors (Lipinski definition) is 0. The molecule has 0 N–H and O–H groups in total. The molecule has 2 heteroatoms. The summed E-state index contributed by atoms with van der Waals surface area (Å²) in [6.45, 7) is 4.00. The van der Waals surface area contributed by atoms with Crippen LogP contribution in [-0.2, 0) is 49.8 Å². The molecule has 0 unspecified atom stereocenters. The van der Waals surface area contributed by atoms with Crippen LogP contribution < -0.4 is 0 Å². The van der Waals surface area contributed by atoms with Crippen LogP contribution in [0.3, 0.4) is 0 Å². The van der Waals surface area contributed by atoms with Gasteiger partial charge in [-0.15, -0.1) is 0 Å². The zero-order chi connectivity index (χ0) is 2.71. The molecule has 0 atom stereocenters. The Bertz CT molecular complexity index is 6.85. The van der Waals surface area contributed by atoms with E-state index < -0.39 is 0 Å². The van der Waals surface area contributed by atoms with Crippen molar-refractivity contribution in [2.75, 3.05) is 0 Å². The van der Waals surface area contributed by atoms with Crippen molar-refractivity contribution in [3.05, 3.63) is 6.42 Å². The van der Waals surface area contributed by atoms with Crippen molar-refractivity contribution >= 4 is 0 Å². The molecule has 0 aliphatic carbocycles. The summed E-state index contributed by atoms with van der Waals surface area (Å²) in [5, 5.41) is 0. The fourth-order valence-corrected chi connectivity index (χ4v) is 0. The molecule has 0 nitrogen and oxygen atoms in total. The molecule has 0 rings (SSSR count). The van der Waals surface area contributed by atoms with Crippen LogP contribution in [0.2, 0.25) is 0 Å². The largest absolute Gasteiger partial charge is 1.00 e. The third-order valence-electron chi connectivity index (χ3n) is 0. The Morgan fingerprint density at radius 1 is 1.20 bits per heavy atom. The van der Waals surface area contributed by atoms with Gasteiger partial charge in [-0.3, -0.25) is 0 Å². The summed E-state index contributed by atoms with van der Waals surface area (Å²) in [6.07, 6.45) is 2.00. The summed E-state index contributed by atoms with van der Waals surface area (Å²) in [5.74, 6) is 0. The van der Waals surface area contributed by atoms with E-state index in [0.717, 1.165) is 0 Å². The minimum Gasteiger partial charge on any atom is -0.335 e. The maximum Gasteiger partial charge on any atom is 1.00 e. The molecule has 0 saturated carbocycles. The van der Waals surface area contributed by atoms with Gasteiger partial charge in [-0.25, -0.2) is 0 Å². The van der Waals surface area contributed by atoms with Crippen molar-refractivity contribution in [3.63, 3.8) is 0 Å². The molecule has 1 radical (unpaired) electrons. The second-order valence-corrected chi connectivity index (χ2v) is 0.577. The van der Waals surface area contributed by atoms with Crippen molar-refractivity contribution in [1.29, 1.82) is 0 Å². The van der Waals surface area contributed by atoms with E-state index in [0.29, 0.717) is 0 Å². The van der Waals surface area contributed by atoms with E-state index in [1.54, 1.807) is 0 Å². The maximum absolute atomic E-state index is 2.00. The molecule has 33 valence electrons. The maximum atomic E-state index is 2.00. The molecule has 0 saturated heterocycles. The smallest absolute Gasteiger partial charge is 0.335 e. The van der Waals surface area contributed by atoms with Crippen molar-refractivity contribution < 1.29 is 49.8 Å². The number of rotatable bonds is 0. The Labute approximate surface area is 69.4 Å². The Morgan fingerprint density at radius 2 is 1.20 bits per heavy atom. The van der Waals surface area contributed by atoms with E-state index in [9.17, 15) is 0 Å². The van der Waals surface area contributed by atoms with Gasteiger partial charge in [0.05, 0.1) is 0 Å². The standard InChI is InChI=1S/C3H7.Cu.Y/c1-3-2;;/h3H,1-2H3;;/q-1;+1;. The molecule has 5 heavy (non-hydrogen) atoms. The average Bonchev–Trinajstić information content (AvgIpc) is 0.918. The molecular weight excluding hydrogens is 188 g/mol. The molecule has 0 aliphatic rings. The Hall–Kier alpha value is 1.62. The van der Waals surface area contributed by atoms with Crippen LogP contribution in [0.15, 0.2) is 0 Å². The van der Waals surface area contributed by atoms with Crippen LogP contribution in [0.25, 0.3) is 0 Å². The van der Waals surface area contributed by atoms with E-state index in [1.165, 1.54) is 0 Å². The van der Waals surface area contributed by atoms with Gasteiger partial charge in [-0.1, -0.05) is 0 Å². The Kier molecular flexibility index (Phi) is 55.7. The van der Waals surface area contributed by atoms with E-state index in [-0.39, 0.29) is 49.8 Å². The van der Waals surface area contributed by atoms with Crippen LogP contribution >= 0.6 is 0 Å². The van der Waals surface area contributed by atoms with Gasteiger partial charge in [0.1, 0.15) is 0 Å². The summed E-state index contributed by atoms with van der Waals surface area (Å²) in [6, 6.07) is 0. The quantitative estimate of drug-likeness (QED) is 0.403. The summed E-state index contributed by atoms with van der Waals surface area (Å²) in [4.78, 5) is 0. The van der Waals surface area contributed by atoms with Gasteiger partial charge >= 0.3 is 17.1 Å². The summed E-state index contributed by atoms with van der Waals surface area (Å²) in [7, 11) is 0.